The van der Waals surface area contributed by atoms with Gasteiger partial charge in [-0.2, -0.15) is 0 Å². The highest BCUT2D eigenvalue weighted by molar-refractivity contribution is 5.94. The second-order valence-corrected chi connectivity index (χ2v) is 8.42. The van der Waals surface area contributed by atoms with Crippen molar-refractivity contribution in [1.29, 1.82) is 0 Å². The molecule has 5 heteroatoms. The summed E-state index contributed by atoms with van der Waals surface area (Å²) in [4.78, 5) is 28.0. The summed E-state index contributed by atoms with van der Waals surface area (Å²) in [7, 11) is 0. The first-order valence-electron chi connectivity index (χ1n) is 10.9. The molecule has 164 valence electrons. The number of piperidine rings is 1. The number of carbonyl (C=O) groups excluding carboxylic acids is 2. The van der Waals surface area contributed by atoms with Crippen molar-refractivity contribution < 1.29 is 14.0 Å². The topological polar surface area (TPSA) is 49.4 Å². The Kier molecular flexibility index (Phi) is 6.64. The zero-order valence-corrected chi connectivity index (χ0v) is 18.1. The van der Waals surface area contributed by atoms with E-state index in [1.807, 2.05) is 54.6 Å². The second kappa shape index (κ2) is 9.77. The molecule has 3 aromatic carbocycles. The van der Waals surface area contributed by atoms with Crippen LogP contribution < -0.4 is 5.32 Å². The predicted molar refractivity (Wildman–Crippen MR) is 123 cm³/mol. The molecular weight excluding hydrogens is 403 g/mol. The number of hydrogen-bond donors (Lipinski definition) is 1. The fourth-order valence-electron chi connectivity index (χ4n) is 4.31. The molecule has 1 N–H and O–H groups in total. The van der Waals surface area contributed by atoms with Crippen molar-refractivity contribution in [1.82, 2.24) is 10.2 Å². The lowest BCUT2D eigenvalue weighted by molar-refractivity contribution is -0.126. The maximum atomic E-state index is 13.8. The molecule has 4 rings (SSSR count). The number of amides is 2. The summed E-state index contributed by atoms with van der Waals surface area (Å²) in [5, 5.41) is 3.02. The standard InChI is InChI=1S/C27H27FN2O2/c1-19-14-22(12-13-25(19)28)23-15-24(26(31)29-16-20-8-4-2-5-9-20)18-30(17-23)27(32)21-10-6-3-7-11-21/h2-14,23-24H,15-18H2,1H3,(H,29,31). The van der Waals surface area contributed by atoms with E-state index in [0.29, 0.717) is 37.2 Å². The second-order valence-electron chi connectivity index (χ2n) is 8.42. The van der Waals surface area contributed by atoms with E-state index in [1.165, 1.54) is 6.07 Å². The minimum atomic E-state index is -0.338. The number of nitrogens with zero attached hydrogens (tertiary/aromatic N) is 1. The Morgan fingerprint density at radius 1 is 0.969 bits per heavy atom. The zero-order valence-electron chi connectivity index (χ0n) is 18.1. The number of hydrogen-bond acceptors (Lipinski definition) is 2. The Bertz CT molecular complexity index is 1090. The van der Waals surface area contributed by atoms with E-state index in [-0.39, 0.29) is 29.5 Å². The lowest BCUT2D eigenvalue weighted by Crippen LogP contribution is -2.48. The van der Waals surface area contributed by atoms with Gasteiger partial charge in [-0.05, 0) is 48.2 Å². The summed E-state index contributed by atoms with van der Waals surface area (Å²) in [5.74, 6) is -0.782. The van der Waals surface area contributed by atoms with Gasteiger partial charge in [-0.1, -0.05) is 60.7 Å². The van der Waals surface area contributed by atoms with Crippen molar-refractivity contribution in [3.63, 3.8) is 0 Å². The Labute approximate surface area is 188 Å². The summed E-state index contributed by atoms with van der Waals surface area (Å²) in [5.41, 5.74) is 3.15. The Morgan fingerprint density at radius 2 is 1.66 bits per heavy atom. The third-order valence-electron chi connectivity index (χ3n) is 6.09. The number of rotatable bonds is 5. The van der Waals surface area contributed by atoms with Gasteiger partial charge in [-0.3, -0.25) is 9.59 Å². The van der Waals surface area contributed by atoms with Gasteiger partial charge in [0.25, 0.3) is 5.91 Å². The fraction of sp³-hybridized carbons (Fsp3) is 0.259. The van der Waals surface area contributed by atoms with Crippen LogP contribution in [0, 0.1) is 18.7 Å². The smallest absolute Gasteiger partial charge is 0.253 e. The molecule has 1 fully saturated rings. The molecule has 0 aliphatic carbocycles. The van der Waals surface area contributed by atoms with Crippen molar-refractivity contribution in [2.75, 3.05) is 13.1 Å². The maximum Gasteiger partial charge on any atom is 0.253 e. The van der Waals surface area contributed by atoms with E-state index in [9.17, 15) is 14.0 Å². The van der Waals surface area contributed by atoms with Gasteiger partial charge in [0.15, 0.2) is 0 Å². The quantitative estimate of drug-likeness (QED) is 0.638. The van der Waals surface area contributed by atoms with Crippen LogP contribution >= 0.6 is 0 Å². The summed E-state index contributed by atoms with van der Waals surface area (Å²) < 4.78 is 13.8. The molecule has 32 heavy (non-hydrogen) atoms. The van der Waals surface area contributed by atoms with Crippen molar-refractivity contribution in [2.24, 2.45) is 5.92 Å². The van der Waals surface area contributed by atoms with Gasteiger partial charge >= 0.3 is 0 Å². The van der Waals surface area contributed by atoms with Crippen LogP contribution in [0.1, 0.15) is 39.4 Å². The third-order valence-corrected chi connectivity index (χ3v) is 6.09. The van der Waals surface area contributed by atoms with Gasteiger partial charge < -0.3 is 10.2 Å². The maximum absolute atomic E-state index is 13.8. The molecule has 2 unspecified atom stereocenters. The highest BCUT2D eigenvalue weighted by Gasteiger charge is 2.35. The number of likely N-dealkylation sites (tertiary alicyclic amines) is 1. The number of benzene rings is 3. The van der Waals surface area contributed by atoms with E-state index in [4.69, 9.17) is 0 Å². The molecule has 1 heterocycles. The Hall–Kier alpha value is -3.47. The van der Waals surface area contributed by atoms with Crippen molar-refractivity contribution in [3.05, 3.63) is 107 Å². The predicted octanol–water partition coefficient (Wildman–Crippen LogP) is 4.70. The van der Waals surface area contributed by atoms with Crippen LogP contribution in [-0.2, 0) is 11.3 Å². The van der Waals surface area contributed by atoms with E-state index in [1.54, 1.807) is 30.0 Å². The molecule has 0 spiro atoms. The minimum Gasteiger partial charge on any atom is -0.352 e. The van der Waals surface area contributed by atoms with Crippen LogP contribution in [0.5, 0.6) is 0 Å². The van der Waals surface area contributed by atoms with E-state index in [0.717, 1.165) is 11.1 Å². The highest BCUT2D eigenvalue weighted by Crippen LogP contribution is 2.32. The number of aryl methyl sites for hydroxylation is 1. The largest absolute Gasteiger partial charge is 0.352 e. The molecule has 0 bridgehead atoms. The number of halogens is 1. The monoisotopic (exact) mass is 430 g/mol. The molecule has 2 atom stereocenters. The van der Waals surface area contributed by atoms with Gasteiger partial charge in [0.05, 0.1) is 5.92 Å². The molecular formula is C27H27FN2O2. The van der Waals surface area contributed by atoms with Crippen molar-refractivity contribution in [2.45, 2.75) is 25.8 Å². The molecule has 0 saturated carbocycles. The lowest BCUT2D eigenvalue weighted by atomic mass is 9.83. The van der Waals surface area contributed by atoms with Gasteiger partial charge in [0.1, 0.15) is 5.82 Å². The highest BCUT2D eigenvalue weighted by atomic mass is 19.1. The molecule has 4 nitrogen and oxygen atoms in total. The first kappa shape index (κ1) is 21.8. The van der Waals surface area contributed by atoms with Crippen LogP contribution in [0.25, 0.3) is 0 Å². The molecule has 3 aromatic rings. The first-order valence-corrected chi connectivity index (χ1v) is 10.9. The Morgan fingerprint density at radius 3 is 2.34 bits per heavy atom. The van der Waals surface area contributed by atoms with Gasteiger partial charge in [-0.15, -0.1) is 0 Å². The van der Waals surface area contributed by atoms with E-state index >= 15 is 0 Å². The average molecular weight is 431 g/mol. The van der Waals surface area contributed by atoms with Crippen LogP contribution in [0.3, 0.4) is 0 Å². The van der Waals surface area contributed by atoms with Crippen LogP contribution in [0.15, 0.2) is 78.9 Å². The average Bonchev–Trinajstić information content (AvgIpc) is 2.84. The van der Waals surface area contributed by atoms with Crippen molar-refractivity contribution >= 4 is 11.8 Å². The molecule has 1 saturated heterocycles. The SMILES string of the molecule is Cc1cc(C2CC(C(=O)NCc3ccccc3)CN(C(=O)c3ccccc3)C2)ccc1F. The third kappa shape index (κ3) is 5.05. The lowest BCUT2D eigenvalue weighted by Gasteiger charge is -2.37. The normalized spacial score (nSPS) is 18.2. The van der Waals surface area contributed by atoms with Crippen LogP contribution in [-0.4, -0.2) is 29.8 Å². The minimum absolute atomic E-state index is 0.0387. The van der Waals surface area contributed by atoms with Gasteiger partial charge in [0, 0.05) is 31.1 Å². The fourth-order valence-corrected chi connectivity index (χ4v) is 4.31. The molecule has 1 aliphatic heterocycles. The van der Waals surface area contributed by atoms with Gasteiger partial charge in [-0.25, -0.2) is 4.39 Å². The van der Waals surface area contributed by atoms with Crippen LogP contribution in [0.4, 0.5) is 4.39 Å². The van der Waals surface area contributed by atoms with Crippen molar-refractivity contribution in [3.8, 4) is 0 Å². The molecule has 2 amide bonds. The zero-order chi connectivity index (χ0) is 22.5. The van der Waals surface area contributed by atoms with Gasteiger partial charge in [0.2, 0.25) is 5.91 Å². The summed E-state index contributed by atoms with van der Waals surface area (Å²) in [6.45, 7) is 3.05. The van der Waals surface area contributed by atoms with E-state index in [2.05, 4.69) is 5.32 Å². The molecule has 0 radical (unpaired) electrons. The van der Waals surface area contributed by atoms with E-state index < -0.39 is 0 Å². The number of carbonyl (C=O) groups is 2. The summed E-state index contributed by atoms with van der Waals surface area (Å²) in [6, 6.07) is 23.9. The molecule has 0 aromatic heterocycles. The summed E-state index contributed by atoms with van der Waals surface area (Å²) in [6.07, 6.45) is 0.615. The first-order chi connectivity index (χ1) is 15.5. The Balaban J connectivity index is 1.55. The molecule has 1 aliphatic rings. The number of nitrogens with one attached hydrogen (secondary N) is 1. The van der Waals surface area contributed by atoms with Crippen LogP contribution in [0.2, 0.25) is 0 Å². The summed E-state index contributed by atoms with van der Waals surface area (Å²) >= 11 is 0.